The van der Waals surface area contributed by atoms with Gasteiger partial charge in [0, 0.05) is 17.1 Å². The van der Waals surface area contributed by atoms with Crippen molar-refractivity contribution < 1.29 is 4.74 Å². The molecule has 4 rings (SSSR count). The summed E-state index contributed by atoms with van der Waals surface area (Å²) in [6.07, 6.45) is 4.27. The number of ether oxygens (including phenoxy) is 1. The molecule has 1 heterocycles. The highest BCUT2D eigenvalue weighted by Gasteiger charge is 2.41. The molecule has 1 aliphatic rings. The van der Waals surface area contributed by atoms with Gasteiger partial charge in [-0.3, -0.25) is 0 Å². The fraction of sp³-hybridized carbons (Fsp3) is 0.238. The summed E-state index contributed by atoms with van der Waals surface area (Å²) in [5.74, 6) is 1.11. The molecule has 1 unspecified atom stereocenters. The number of fused-ring (bicyclic) bond motifs is 1. The smallest absolute Gasteiger partial charge is 0.110 e. The standard InChI is InChI=1S/C21H21NO/c1-21(18-14-22-19-11-7-6-10-17(18)19)13-12-16(20(21)23-2)15-8-4-3-5-9-15/h3-11,14,22H,12-13H2,1-2H3. The molecule has 1 N–H and O–H groups in total. The number of nitrogens with one attached hydrogen (secondary N) is 1. The van der Waals surface area contributed by atoms with Crippen LogP contribution < -0.4 is 0 Å². The minimum atomic E-state index is -0.0838. The van der Waals surface area contributed by atoms with Gasteiger partial charge in [0.2, 0.25) is 0 Å². The Balaban J connectivity index is 1.89. The number of hydrogen-bond acceptors (Lipinski definition) is 1. The molecule has 2 nitrogen and oxygen atoms in total. The zero-order valence-electron chi connectivity index (χ0n) is 13.6. The van der Waals surface area contributed by atoms with Crippen molar-refractivity contribution in [1.82, 2.24) is 4.98 Å². The summed E-state index contributed by atoms with van der Waals surface area (Å²) in [6, 6.07) is 19.1. The van der Waals surface area contributed by atoms with Crippen LogP contribution in [0.5, 0.6) is 0 Å². The zero-order valence-corrected chi connectivity index (χ0v) is 13.6. The van der Waals surface area contributed by atoms with Gasteiger partial charge >= 0.3 is 0 Å². The minimum absolute atomic E-state index is 0.0838. The third kappa shape index (κ3) is 2.09. The van der Waals surface area contributed by atoms with Gasteiger partial charge in [0.25, 0.3) is 0 Å². The van der Waals surface area contributed by atoms with Gasteiger partial charge in [0.1, 0.15) is 5.76 Å². The number of hydrogen-bond donors (Lipinski definition) is 1. The van der Waals surface area contributed by atoms with E-state index >= 15 is 0 Å². The lowest BCUT2D eigenvalue weighted by molar-refractivity contribution is 0.236. The van der Waals surface area contributed by atoms with Crippen LogP contribution in [0, 0.1) is 0 Å². The number of methoxy groups -OCH3 is 1. The predicted molar refractivity (Wildman–Crippen MR) is 95.3 cm³/mol. The molecule has 0 radical (unpaired) electrons. The highest BCUT2D eigenvalue weighted by Crippen LogP contribution is 2.50. The van der Waals surface area contributed by atoms with Crippen molar-refractivity contribution in [2.24, 2.45) is 0 Å². The summed E-state index contributed by atoms with van der Waals surface area (Å²) in [5, 5.41) is 1.29. The predicted octanol–water partition coefficient (Wildman–Crippen LogP) is 5.28. The minimum Gasteiger partial charge on any atom is -0.500 e. The molecule has 116 valence electrons. The molecule has 2 heteroatoms. The third-order valence-electron chi connectivity index (χ3n) is 5.16. The van der Waals surface area contributed by atoms with Crippen molar-refractivity contribution >= 4 is 16.5 Å². The largest absolute Gasteiger partial charge is 0.500 e. The maximum atomic E-state index is 5.93. The topological polar surface area (TPSA) is 25.0 Å². The van der Waals surface area contributed by atoms with E-state index in [0.29, 0.717) is 0 Å². The Morgan fingerprint density at radius 3 is 2.52 bits per heavy atom. The molecule has 1 aliphatic carbocycles. The Bertz CT molecular complexity index is 875. The number of rotatable bonds is 3. The van der Waals surface area contributed by atoms with Gasteiger partial charge in [-0.2, -0.15) is 0 Å². The summed E-state index contributed by atoms with van der Waals surface area (Å²) in [5.41, 5.74) is 5.04. The van der Waals surface area contributed by atoms with Crippen molar-refractivity contribution in [2.75, 3.05) is 7.11 Å². The number of benzene rings is 2. The molecule has 1 atom stereocenters. The molecule has 0 fully saturated rings. The lowest BCUT2D eigenvalue weighted by Crippen LogP contribution is -2.22. The average Bonchev–Trinajstić information content (AvgIpc) is 3.17. The van der Waals surface area contributed by atoms with E-state index in [1.807, 2.05) is 0 Å². The molecule has 0 amide bonds. The van der Waals surface area contributed by atoms with Crippen LogP contribution in [-0.4, -0.2) is 12.1 Å². The third-order valence-corrected chi connectivity index (χ3v) is 5.16. The first-order chi connectivity index (χ1) is 11.2. The first-order valence-corrected chi connectivity index (χ1v) is 8.13. The summed E-state index contributed by atoms with van der Waals surface area (Å²) in [6.45, 7) is 2.30. The fourth-order valence-corrected chi connectivity index (χ4v) is 3.98. The number of aromatic amines is 1. The monoisotopic (exact) mass is 303 g/mol. The van der Waals surface area contributed by atoms with Gasteiger partial charge < -0.3 is 9.72 Å². The van der Waals surface area contributed by atoms with Gasteiger partial charge in [-0.1, -0.05) is 48.5 Å². The van der Waals surface area contributed by atoms with Gasteiger partial charge in [-0.15, -0.1) is 0 Å². The molecule has 0 saturated heterocycles. The molecule has 3 aromatic rings. The van der Waals surface area contributed by atoms with E-state index in [2.05, 4.69) is 72.7 Å². The van der Waals surface area contributed by atoms with Gasteiger partial charge in [-0.05, 0) is 42.5 Å². The Labute approximate surface area is 136 Å². The molecular formula is C21H21NO. The lowest BCUT2D eigenvalue weighted by atomic mass is 9.80. The van der Waals surface area contributed by atoms with E-state index in [1.54, 1.807) is 7.11 Å². The second-order valence-electron chi connectivity index (χ2n) is 6.46. The number of H-pyrrole nitrogens is 1. The number of allylic oxidation sites excluding steroid dienone is 2. The van der Waals surface area contributed by atoms with Crippen LogP contribution >= 0.6 is 0 Å². The van der Waals surface area contributed by atoms with Crippen LogP contribution in [0.3, 0.4) is 0 Å². The first-order valence-electron chi connectivity index (χ1n) is 8.13. The number of aromatic nitrogens is 1. The zero-order chi connectivity index (χ0) is 15.9. The van der Waals surface area contributed by atoms with E-state index in [9.17, 15) is 0 Å². The fourth-order valence-electron chi connectivity index (χ4n) is 3.98. The highest BCUT2D eigenvalue weighted by atomic mass is 16.5. The molecule has 0 saturated carbocycles. The number of para-hydroxylation sites is 1. The van der Waals surface area contributed by atoms with Crippen molar-refractivity contribution in [3.05, 3.63) is 77.7 Å². The Morgan fingerprint density at radius 2 is 1.74 bits per heavy atom. The lowest BCUT2D eigenvalue weighted by Gasteiger charge is -2.27. The Hall–Kier alpha value is -2.48. The van der Waals surface area contributed by atoms with E-state index in [1.165, 1.54) is 27.6 Å². The molecule has 0 aliphatic heterocycles. The molecule has 1 aromatic heterocycles. The van der Waals surface area contributed by atoms with Gasteiger partial charge in [0.05, 0.1) is 12.5 Å². The van der Waals surface area contributed by atoms with Crippen LogP contribution in [0.1, 0.15) is 30.9 Å². The Kier molecular flexibility index (Phi) is 3.26. The first kappa shape index (κ1) is 14.1. The average molecular weight is 303 g/mol. The maximum absolute atomic E-state index is 5.93. The molecule has 23 heavy (non-hydrogen) atoms. The highest BCUT2D eigenvalue weighted by molar-refractivity contribution is 5.86. The van der Waals surface area contributed by atoms with Crippen LogP contribution in [0.25, 0.3) is 16.5 Å². The summed E-state index contributed by atoms with van der Waals surface area (Å²) < 4.78 is 5.93. The summed E-state index contributed by atoms with van der Waals surface area (Å²) in [4.78, 5) is 3.41. The molecular weight excluding hydrogens is 282 g/mol. The van der Waals surface area contributed by atoms with Crippen LogP contribution in [0.4, 0.5) is 0 Å². The van der Waals surface area contributed by atoms with Crippen molar-refractivity contribution in [3.8, 4) is 0 Å². The second kappa shape index (κ2) is 5.31. The van der Waals surface area contributed by atoms with E-state index < -0.39 is 0 Å². The molecule has 0 bridgehead atoms. The normalized spacial score (nSPS) is 21.1. The van der Waals surface area contributed by atoms with Crippen LogP contribution in [0.2, 0.25) is 0 Å². The summed E-state index contributed by atoms with van der Waals surface area (Å²) >= 11 is 0. The molecule has 2 aromatic carbocycles. The van der Waals surface area contributed by atoms with Crippen molar-refractivity contribution in [2.45, 2.75) is 25.2 Å². The van der Waals surface area contributed by atoms with Crippen LogP contribution in [-0.2, 0) is 10.2 Å². The van der Waals surface area contributed by atoms with Gasteiger partial charge in [-0.25, -0.2) is 0 Å². The molecule has 0 spiro atoms. The van der Waals surface area contributed by atoms with Crippen LogP contribution in [0.15, 0.2) is 66.6 Å². The quantitative estimate of drug-likeness (QED) is 0.700. The SMILES string of the molecule is COC1=C(c2ccccc2)CCC1(C)c1c[nH]c2ccccc12. The van der Waals surface area contributed by atoms with Crippen molar-refractivity contribution in [1.29, 1.82) is 0 Å². The second-order valence-corrected chi connectivity index (χ2v) is 6.46. The Morgan fingerprint density at radius 1 is 1.00 bits per heavy atom. The van der Waals surface area contributed by atoms with Crippen molar-refractivity contribution in [3.63, 3.8) is 0 Å². The van der Waals surface area contributed by atoms with E-state index in [-0.39, 0.29) is 5.41 Å². The summed E-state index contributed by atoms with van der Waals surface area (Å²) in [7, 11) is 1.80. The van der Waals surface area contributed by atoms with Gasteiger partial charge in [0.15, 0.2) is 0 Å². The van der Waals surface area contributed by atoms with E-state index in [4.69, 9.17) is 4.74 Å². The van der Waals surface area contributed by atoms with E-state index in [0.717, 1.165) is 18.6 Å². The maximum Gasteiger partial charge on any atom is 0.110 e.